The summed E-state index contributed by atoms with van der Waals surface area (Å²) >= 11 is 0. The predicted octanol–water partition coefficient (Wildman–Crippen LogP) is 3.39. The van der Waals surface area contributed by atoms with Gasteiger partial charge in [0.05, 0.1) is 0 Å². The summed E-state index contributed by atoms with van der Waals surface area (Å²) in [4.78, 5) is 12.1. The van der Waals surface area contributed by atoms with Gasteiger partial charge in [0.2, 0.25) is 0 Å². The number of ether oxygens (including phenoxy) is 1. The Balaban J connectivity index is 2.03. The van der Waals surface area contributed by atoms with Crippen LogP contribution < -0.4 is 0 Å². The minimum absolute atomic E-state index is 0.146. The van der Waals surface area contributed by atoms with Gasteiger partial charge in [0.25, 0.3) is 0 Å². The van der Waals surface area contributed by atoms with Gasteiger partial charge in [-0.1, -0.05) is 37.6 Å². The van der Waals surface area contributed by atoms with Crippen molar-refractivity contribution in [3.63, 3.8) is 0 Å². The first-order valence-corrected chi connectivity index (χ1v) is 6.56. The van der Waals surface area contributed by atoms with Crippen LogP contribution >= 0.6 is 0 Å². The first-order chi connectivity index (χ1) is 8.31. The van der Waals surface area contributed by atoms with Crippen LogP contribution in [-0.4, -0.2) is 18.5 Å². The minimum Gasteiger partial charge on any atom is -0.370 e. The summed E-state index contributed by atoms with van der Waals surface area (Å²) in [5.74, 6) is 0.146. The van der Waals surface area contributed by atoms with Crippen molar-refractivity contribution in [1.29, 1.82) is 0 Å². The number of hydrogen-bond donors (Lipinski definition) is 0. The van der Waals surface area contributed by atoms with E-state index >= 15 is 0 Å². The third-order valence-electron chi connectivity index (χ3n) is 3.25. The van der Waals surface area contributed by atoms with E-state index in [2.05, 4.69) is 19.1 Å². The molecular formula is C15H20O2. The third kappa shape index (κ3) is 3.16. The topological polar surface area (TPSA) is 26.3 Å². The molecule has 1 atom stereocenters. The maximum Gasteiger partial charge on any atom is 0.191 e. The Morgan fingerprint density at radius 2 is 2.06 bits per heavy atom. The lowest BCUT2D eigenvalue weighted by molar-refractivity contribution is 0.0186. The van der Waals surface area contributed by atoms with E-state index in [0.29, 0.717) is 0 Å². The number of aryl methyl sites for hydroxylation is 1. The molecule has 2 heteroatoms. The van der Waals surface area contributed by atoms with Crippen LogP contribution in [0.2, 0.25) is 0 Å². The molecule has 0 amide bonds. The van der Waals surface area contributed by atoms with Crippen molar-refractivity contribution in [3.05, 3.63) is 35.4 Å². The highest BCUT2D eigenvalue weighted by Gasteiger charge is 2.22. The first-order valence-electron chi connectivity index (χ1n) is 6.56. The average molecular weight is 232 g/mol. The van der Waals surface area contributed by atoms with E-state index in [9.17, 15) is 4.79 Å². The molecule has 0 radical (unpaired) electrons. The quantitative estimate of drug-likeness (QED) is 0.744. The standard InChI is InChI=1S/C15H20O2/c1-2-5-12-7-9-13(10-8-12)15(16)14-6-3-4-11-17-14/h7-10,14H,2-6,11H2,1H3. The number of rotatable bonds is 4. The van der Waals surface area contributed by atoms with Crippen LogP contribution in [0.4, 0.5) is 0 Å². The molecule has 0 bridgehead atoms. The average Bonchev–Trinajstić information content (AvgIpc) is 2.40. The molecule has 0 saturated carbocycles. The zero-order chi connectivity index (χ0) is 12.1. The van der Waals surface area contributed by atoms with Gasteiger partial charge in [0.15, 0.2) is 5.78 Å². The lowest BCUT2D eigenvalue weighted by Gasteiger charge is -2.21. The Hall–Kier alpha value is -1.15. The van der Waals surface area contributed by atoms with Crippen molar-refractivity contribution in [2.75, 3.05) is 6.61 Å². The Morgan fingerprint density at radius 3 is 2.65 bits per heavy atom. The molecule has 0 spiro atoms. The fraction of sp³-hybridized carbons (Fsp3) is 0.533. The second-order valence-corrected chi connectivity index (χ2v) is 4.67. The van der Waals surface area contributed by atoms with Crippen LogP contribution in [-0.2, 0) is 11.2 Å². The molecule has 0 N–H and O–H groups in total. The monoisotopic (exact) mass is 232 g/mol. The van der Waals surface area contributed by atoms with Crippen molar-refractivity contribution in [3.8, 4) is 0 Å². The van der Waals surface area contributed by atoms with Crippen LogP contribution in [0.25, 0.3) is 0 Å². The molecule has 17 heavy (non-hydrogen) atoms. The predicted molar refractivity (Wildman–Crippen MR) is 68.4 cm³/mol. The third-order valence-corrected chi connectivity index (χ3v) is 3.25. The second kappa shape index (κ2) is 5.97. The highest BCUT2D eigenvalue weighted by atomic mass is 16.5. The summed E-state index contributed by atoms with van der Waals surface area (Å²) < 4.78 is 5.52. The summed E-state index contributed by atoms with van der Waals surface area (Å²) in [7, 11) is 0. The summed E-state index contributed by atoms with van der Waals surface area (Å²) in [6.07, 6.45) is 5.06. The number of ketones is 1. The van der Waals surface area contributed by atoms with Gasteiger partial charge in [-0.25, -0.2) is 0 Å². The fourth-order valence-electron chi connectivity index (χ4n) is 2.26. The van der Waals surface area contributed by atoms with E-state index in [1.165, 1.54) is 5.56 Å². The molecule has 1 aromatic rings. The van der Waals surface area contributed by atoms with Crippen molar-refractivity contribution >= 4 is 5.78 Å². The van der Waals surface area contributed by atoms with E-state index in [1.807, 2.05) is 12.1 Å². The van der Waals surface area contributed by atoms with Gasteiger partial charge < -0.3 is 4.74 Å². The molecule has 1 saturated heterocycles. The van der Waals surface area contributed by atoms with E-state index < -0.39 is 0 Å². The number of hydrogen-bond acceptors (Lipinski definition) is 2. The summed E-state index contributed by atoms with van der Waals surface area (Å²) in [6.45, 7) is 2.89. The molecule has 92 valence electrons. The molecule has 1 fully saturated rings. The Labute approximate surface area is 103 Å². The molecule has 2 rings (SSSR count). The van der Waals surface area contributed by atoms with Crippen molar-refractivity contribution in [2.24, 2.45) is 0 Å². The first kappa shape index (κ1) is 12.3. The molecule has 1 aliphatic rings. The van der Waals surface area contributed by atoms with Gasteiger partial charge >= 0.3 is 0 Å². The normalized spacial score (nSPS) is 20.2. The van der Waals surface area contributed by atoms with Gasteiger partial charge in [-0.05, 0) is 31.2 Å². The van der Waals surface area contributed by atoms with Crippen molar-refractivity contribution in [1.82, 2.24) is 0 Å². The molecular weight excluding hydrogens is 212 g/mol. The molecule has 0 aliphatic carbocycles. The maximum atomic E-state index is 12.1. The minimum atomic E-state index is -0.208. The van der Waals surface area contributed by atoms with Crippen LogP contribution in [0, 0.1) is 0 Å². The van der Waals surface area contributed by atoms with E-state index in [0.717, 1.165) is 44.3 Å². The van der Waals surface area contributed by atoms with Crippen molar-refractivity contribution in [2.45, 2.75) is 45.1 Å². The van der Waals surface area contributed by atoms with Crippen LogP contribution in [0.15, 0.2) is 24.3 Å². The number of benzene rings is 1. The van der Waals surface area contributed by atoms with Gasteiger partial charge in [-0.2, -0.15) is 0 Å². The van der Waals surface area contributed by atoms with E-state index in [-0.39, 0.29) is 11.9 Å². The fourth-order valence-corrected chi connectivity index (χ4v) is 2.26. The Bertz CT molecular complexity index is 361. The summed E-state index contributed by atoms with van der Waals surface area (Å²) in [6, 6.07) is 7.98. The van der Waals surface area contributed by atoms with Gasteiger partial charge in [0, 0.05) is 12.2 Å². The zero-order valence-electron chi connectivity index (χ0n) is 10.4. The second-order valence-electron chi connectivity index (χ2n) is 4.67. The molecule has 2 nitrogen and oxygen atoms in total. The number of carbonyl (C=O) groups is 1. The van der Waals surface area contributed by atoms with Gasteiger partial charge in [0.1, 0.15) is 6.10 Å². The van der Waals surface area contributed by atoms with E-state index in [1.54, 1.807) is 0 Å². The molecule has 1 aromatic carbocycles. The highest BCUT2D eigenvalue weighted by molar-refractivity contribution is 5.99. The molecule has 0 aromatic heterocycles. The smallest absolute Gasteiger partial charge is 0.191 e. The number of Topliss-reactive ketones (excluding diaryl/α,β-unsaturated/α-hetero) is 1. The van der Waals surface area contributed by atoms with Crippen LogP contribution in [0.1, 0.15) is 48.5 Å². The Kier molecular flexibility index (Phi) is 4.32. The van der Waals surface area contributed by atoms with Crippen LogP contribution in [0.5, 0.6) is 0 Å². The highest BCUT2D eigenvalue weighted by Crippen LogP contribution is 2.18. The van der Waals surface area contributed by atoms with Gasteiger partial charge in [-0.3, -0.25) is 4.79 Å². The summed E-state index contributed by atoms with van der Waals surface area (Å²) in [5.41, 5.74) is 2.09. The lowest BCUT2D eigenvalue weighted by Crippen LogP contribution is -2.28. The van der Waals surface area contributed by atoms with Crippen molar-refractivity contribution < 1.29 is 9.53 Å². The number of carbonyl (C=O) groups excluding carboxylic acids is 1. The zero-order valence-corrected chi connectivity index (χ0v) is 10.4. The maximum absolute atomic E-state index is 12.1. The Morgan fingerprint density at radius 1 is 1.29 bits per heavy atom. The van der Waals surface area contributed by atoms with Crippen LogP contribution in [0.3, 0.4) is 0 Å². The van der Waals surface area contributed by atoms with E-state index in [4.69, 9.17) is 4.74 Å². The SMILES string of the molecule is CCCc1ccc(C(=O)C2CCCCO2)cc1. The lowest BCUT2D eigenvalue weighted by atomic mass is 9.98. The molecule has 1 aliphatic heterocycles. The summed E-state index contributed by atoms with van der Waals surface area (Å²) in [5, 5.41) is 0. The molecule has 1 heterocycles. The van der Waals surface area contributed by atoms with Gasteiger partial charge in [-0.15, -0.1) is 0 Å². The largest absolute Gasteiger partial charge is 0.370 e. The molecule has 1 unspecified atom stereocenters.